The molecule has 0 unspecified atom stereocenters. The number of piperazine rings is 1. The van der Waals surface area contributed by atoms with E-state index in [-0.39, 0.29) is 6.03 Å². The Labute approximate surface area is 153 Å². The van der Waals surface area contributed by atoms with Crippen molar-refractivity contribution in [2.75, 3.05) is 56.6 Å². The average Bonchev–Trinajstić information content (AvgIpc) is 2.69. The highest BCUT2D eigenvalue weighted by Crippen LogP contribution is 2.22. The van der Waals surface area contributed by atoms with Crippen LogP contribution < -0.4 is 20.3 Å². The van der Waals surface area contributed by atoms with Gasteiger partial charge >= 0.3 is 6.03 Å². The van der Waals surface area contributed by atoms with E-state index in [1.165, 1.54) is 0 Å². The number of methoxy groups -OCH3 is 1. The molecule has 0 aliphatic carbocycles. The fourth-order valence-electron chi connectivity index (χ4n) is 2.87. The number of carbonyl (C=O) groups excluding carboxylic acids is 1. The Kier molecular flexibility index (Phi) is 6.21. The van der Waals surface area contributed by atoms with Gasteiger partial charge in [0.1, 0.15) is 5.75 Å². The summed E-state index contributed by atoms with van der Waals surface area (Å²) in [5.41, 5.74) is 0.656. The molecule has 1 fully saturated rings. The van der Waals surface area contributed by atoms with E-state index < -0.39 is 0 Å². The maximum Gasteiger partial charge on any atom is 0.319 e. The molecule has 0 radical (unpaired) electrons. The number of carbonyl (C=O) groups is 1. The molecule has 26 heavy (non-hydrogen) atoms. The monoisotopic (exact) mass is 356 g/mol. The minimum Gasteiger partial charge on any atom is -0.495 e. The molecule has 1 aromatic heterocycles. The van der Waals surface area contributed by atoms with E-state index in [2.05, 4.69) is 30.4 Å². The maximum absolute atomic E-state index is 12.0. The molecule has 0 atom stereocenters. The van der Waals surface area contributed by atoms with Crippen LogP contribution in [0.1, 0.15) is 0 Å². The van der Waals surface area contributed by atoms with Gasteiger partial charge in [-0.3, -0.25) is 4.90 Å². The number of ether oxygens (including phenoxy) is 1. The number of benzene rings is 1. The highest BCUT2D eigenvalue weighted by Gasteiger charge is 2.18. The smallest absolute Gasteiger partial charge is 0.319 e. The number of anilines is 2. The van der Waals surface area contributed by atoms with Crippen molar-refractivity contribution < 1.29 is 9.53 Å². The van der Waals surface area contributed by atoms with Crippen molar-refractivity contribution in [3.8, 4) is 5.75 Å². The van der Waals surface area contributed by atoms with Crippen LogP contribution in [0.25, 0.3) is 0 Å². The fraction of sp³-hybridized carbons (Fsp3) is 0.389. The number of rotatable bonds is 6. The average molecular weight is 356 g/mol. The van der Waals surface area contributed by atoms with Gasteiger partial charge in [0, 0.05) is 51.7 Å². The van der Waals surface area contributed by atoms with Crippen molar-refractivity contribution in [2.45, 2.75) is 0 Å². The molecule has 1 aliphatic rings. The number of hydrogen-bond acceptors (Lipinski definition) is 6. The second kappa shape index (κ2) is 9.00. The van der Waals surface area contributed by atoms with Crippen LogP contribution in [-0.2, 0) is 0 Å². The number of para-hydroxylation sites is 2. The first-order chi connectivity index (χ1) is 12.8. The molecular weight excluding hydrogens is 332 g/mol. The van der Waals surface area contributed by atoms with E-state index in [1.807, 2.05) is 30.3 Å². The Morgan fingerprint density at radius 3 is 2.58 bits per heavy atom. The predicted molar refractivity (Wildman–Crippen MR) is 101 cm³/mol. The lowest BCUT2D eigenvalue weighted by Crippen LogP contribution is -2.49. The number of hydrogen-bond donors (Lipinski definition) is 2. The van der Waals surface area contributed by atoms with Gasteiger partial charge in [0.2, 0.25) is 5.95 Å². The van der Waals surface area contributed by atoms with Crippen LogP contribution in [0.2, 0.25) is 0 Å². The second-order valence-corrected chi connectivity index (χ2v) is 5.96. The summed E-state index contributed by atoms with van der Waals surface area (Å²) in [6.07, 6.45) is 3.53. The summed E-state index contributed by atoms with van der Waals surface area (Å²) in [7, 11) is 1.58. The molecule has 2 amide bonds. The van der Waals surface area contributed by atoms with Crippen LogP contribution in [0.15, 0.2) is 42.7 Å². The largest absolute Gasteiger partial charge is 0.495 e. The van der Waals surface area contributed by atoms with E-state index in [4.69, 9.17) is 4.74 Å². The van der Waals surface area contributed by atoms with Crippen LogP contribution in [0.5, 0.6) is 5.75 Å². The van der Waals surface area contributed by atoms with Crippen LogP contribution in [-0.4, -0.2) is 67.3 Å². The molecule has 8 heteroatoms. The molecule has 0 bridgehead atoms. The molecule has 2 heterocycles. The summed E-state index contributed by atoms with van der Waals surface area (Å²) in [6.45, 7) is 5.02. The van der Waals surface area contributed by atoms with E-state index in [9.17, 15) is 4.79 Å². The Balaban J connectivity index is 1.37. The lowest BCUT2D eigenvalue weighted by Gasteiger charge is -2.34. The van der Waals surface area contributed by atoms with Crippen molar-refractivity contribution in [2.24, 2.45) is 0 Å². The first-order valence-electron chi connectivity index (χ1n) is 8.68. The van der Waals surface area contributed by atoms with Crippen LogP contribution >= 0.6 is 0 Å². The predicted octanol–water partition coefficient (Wildman–Crippen LogP) is 1.43. The Hall–Kier alpha value is -2.87. The maximum atomic E-state index is 12.0. The van der Waals surface area contributed by atoms with Gasteiger partial charge in [-0.15, -0.1) is 0 Å². The third kappa shape index (κ3) is 4.82. The zero-order valence-electron chi connectivity index (χ0n) is 14.9. The second-order valence-electron chi connectivity index (χ2n) is 5.96. The van der Waals surface area contributed by atoms with Crippen molar-refractivity contribution in [3.63, 3.8) is 0 Å². The van der Waals surface area contributed by atoms with E-state index in [0.29, 0.717) is 18.0 Å². The number of nitrogens with zero attached hydrogens (tertiary/aromatic N) is 4. The fourth-order valence-corrected chi connectivity index (χ4v) is 2.87. The summed E-state index contributed by atoms with van der Waals surface area (Å²) in [5, 5.41) is 5.70. The van der Waals surface area contributed by atoms with Gasteiger partial charge in [0.05, 0.1) is 12.8 Å². The molecule has 0 saturated carbocycles. The summed E-state index contributed by atoms with van der Waals surface area (Å²) in [4.78, 5) is 25.1. The third-order valence-electron chi connectivity index (χ3n) is 4.28. The first kappa shape index (κ1) is 17.9. The number of aromatic nitrogens is 2. The van der Waals surface area contributed by atoms with Gasteiger partial charge in [-0.2, -0.15) is 0 Å². The molecule has 138 valence electrons. The Morgan fingerprint density at radius 2 is 1.85 bits per heavy atom. The van der Waals surface area contributed by atoms with Gasteiger partial charge < -0.3 is 20.3 Å². The van der Waals surface area contributed by atoms with Gasteiger partial charge in [-0.05, 0) is 18.2 Å². The van der Waals surface area contributed by atoms with Gasteiger partial charge in [-0.1, -0.05) is 12.1 Å². The van der Waals surface area contributed by atoms with Crippen LogP contribution in [0.3, 0.4) is 0 Å². The molecular formula is C18H24N6O2. The topological polar surface area (TPSA) is 82.6 Å². The van der Waals surface area contributed by atoms with Crippen molar-refractivity contribution >= 4 is 17.7 Å². The molecule has 1 saturated heterocycles. The van der Waals surface area contributed by atoms with E-state index in [1.54, 1.807) is 19.5 Å². The lowest BCUT2D eigenvalue weighted by atomic mass is 10.3. The van der Waals surface area contributed by atoms with E-state index in [0.717, 1.165) is 38.7 Å². The lowest BCUT2D eigenvalue weighted by molar-refractivity contribution is 0.240. The highest BCUT2D eigenvalue weighted by molar-refractivity contribution is 5.90. The minimum absolute atomic E-state index is 0.231. The third-order valence-corrected chi connectivity index (χ3v) is 4.28. The Bertz CT molecular complexity index is 704. The number of urea groups is 1. The SMILES string of the molecule is COc1ccccc1NC(=O)NCCN1CCN(c2ncccn2)CC1. The summed E-state index contributed by atoms with van der Waals surface area (Å²) < 4.78 is 5.23. The quantitative estimate of drug-likeness (QED) is 0.815. The molecule has 2 N–H and O–H groups in total. The van der Waals surface area contributed by atoms with E-state index >= 15 is 0 Å². The van der Waals surface area contributed by atoms with Gasteiger partial charge in [0.25, 0.3) is 0 Å². The normalized spacial score (nSPS) is 14.7. The zero-order chi connectivity index (χ0) is 18.2. The first-order valence-corrected chi connectivity index (χ1v) is 8.68. The summed E-state index contributed by atoms with van der Waals surface area (Å²) in [5.74, 6) is 1.42. The summed E-state index contributed by atoms with van der Waals surface area (Å²) >= 11 is 0. The standard InChI is InChI=1S/C18H24N6O2/c1-26-16-6-3-2-5-15(16)22-18(25)21-9-10-23-11-13-24(14-12-23)17-19-7-4-8-20-17/h2-8H,9-14H2,1H3,(H2,21,22,25). The van der Waals surface area contributed by atoms with Crippen molar-refractivity contribution in [3.05, 3.63) is 42.7 Å². The minimum atomic E-state index is -0.231. The molecule has 3 rings (SSSR count). The molecule has 1 aromatic carbocycles. The molecule has 8 nitrogen and oxygen atoms in total. The number of nitrogens with one attached hydrogen (secondary N) is 2. The van der Waals surface area contributed by atoms with Gasteiger partial charge in [-0.25, -0.2) is 14.8 Å². The molecule has 1 aliphatic heterocycles. The van der Waals surface area contributed by atoms with Crippen molar-refractivity contribution in [1.82, 2.24) is 20.2 Å². The Morgan fingerprint density at radius 1 is 1.12 bits per heavy atom. The molecule has 2 aromatic rings. The zero-order valence-corrected chi connectivity index (χ0v) is 14.9. The van der Waals surface area contributed by atoms with Crippen LogP contribution in [0.4, 0.5) is 16.4 Å². The summed E-state index contributed by atoms with van der Waals surface area (Å²) in [6, 6.07) is 8.93. The van der Waals surface area contributed by atoms with Gasteiger partial charge in [0.15, 0.2) is 0 Å². The number of amides is 2. The highest BCUT2D eigenvalue weighted by atomic mass is 16.5. The van der Waals surface area contributed by atoms with Crippen LogP contribution in [0, 0.1) is 0 Å². The van der Waals surface area contributed by atoms with Crippen molar-refractivity contribution in [1.29, 1.82) is 0 Å². The molecule has 0 spiro atoms.